The molecular formula is C18H19N5O4S3. The maximum Gasteiger partial charge on any atom is 0.341 e. The number of anilines is 1. The fraction of sp³-hybridized carbons (Fsp3) is 0.278. The summed E-state index contributed by atoms with van der Waals surface area (Å²) in [5, 5.41) is 13.8. The fourth-order valence-electron chi connectivity index (χ4n) is 2.67. The van der Waals surface area contributed by atoms with Crippen molar-refractivity contribution in [1.82, 2.24) is 14.8 Å². The predicted octanol–water partition coefficient (Wildman–Crippen LogP) is 2.45. The van der Waals surface area contributed by atoms with E-state index in [1.54, 1.807) is 18.3 Å². The molecule has 0 aliphatic rings. The van der Waals surface area contributed by atoms with Gasteiger partial charge >= 0.3 is 5.97 Å². The molecule has 0 aliphatic heterocycles. The molecule has 3 heterocycles. The van der Waals surface area contributed by atoms with E-state index in [0.29, 0.717) is 17.1 Å². The van der Waals surface area contributed by atoms with Crippen LogP contribution in [0, 0.1) is 6.92 Å². The molecule has 0 atom stereocenters. The van der Waals surface area contributed by atoms with Gasteiger partial charge in [0.25, 0.3) is 5.91 Å². The van der Waals surface area contributed by atoms with Crippen LogP contribution < -0.4 is 11.1 Å². The topological polar surface area (TPSA) is 129 Å². The molecular weight excluding hydrogens is 446 g/mol. The largest absolute Gasteiger partial charge is 0.465 e. The van der Waals surface area contributed by atoms with Crippen LogP contribution in [0.15, 0.2) is 22.7 Å². The zero-order chi connectivity index (χ0) is 21.8. The number of thioether (sulfide) groups is 1. The predicted molar refractivity (Wildman–Crippen MR) is 116 cm³/mol. The average molecular weight is 466 g/mol. The number of amides is 2. The van der Waals surface area contributed by atoms with Crippen LogP contribution in [0.5, 0.6) is 0 Å². The number of methoxy groups -OCH3 is 1. The molecule has 0 unspecified atom stereocenters. The van der Waals surface area contributed by atoms with Gasteiger partial charge in [-0.05, 0) is 23.9 Å². The van der Waals surface area contributed by atoms with Crippen LogP contribution in [0.2, 0.25) is 0 Å². The molecule has 9 nitrogen and oxygen atoms in total. The van der Waals surface area contributed by atoms with Gasteiger partial charge in [-0.1, -0.05) is 17.8 Å². The number of aromatic nitrogens is 3. The lowest BCUT2D eigenvalue weighted by Crippen LogP contribution is -2.16. The van der Waals surface area contributed by atoms with E-state index in [1.807, 2.05) is 29.1 Å². The normalized spacial score (nSPS) is 10.8. The van der Waals surface area contributed by atoms with Crippen molar-refractivity contribution in [2.24, 2.45) is 12.8 Å². The molecule has 0 saturated heterocycles. The van der Waals surface area contributed by atoms with Gasteiger partial charge in [-0.3, -0.25) is 9.59 Å². The Morgan fingerprint density at radius 1 is 1.33 bits per heavy atom. The molecule has 0 aromatic carbocycles. The summed E-state index contributed by atoms with van der Waals surface area (Å²) >= 11 is 3.82. The van der Waals surface area contributed by atoms with Gasteiger partial charge in [0, 0.05) is 18.3 Å². The van der Waals surface area contributed by atoms with Gasteiger partial charge < -0.3 is 20.4 Å². The zero-order valence-corrected chi connectivity index (χ0v) is 18.9. The van der Waals surface area contributed by atoms with Crippen LogP contribution in [-0.4, -0.2) is 45.4 Å². The lowest BCUT2D eigenvalue weighted by molar-refractivity contribution is -0.113. The second kappa shape index (κ2) is 9.41. The monoisotopic (exact) mass is 465 g/mol. The molecule has 158 valence electrons. The number of hydrogen-bond donors (Lipinski definition) is 2. The number of esters is 1. The van der Waals surface area contributed by atoms with E-state index in [4.69, 9.17) is 10.5 Å². The van der Waals surface area contributed by atoms with Crippen molar-refractivity contribution in [3.05, 3.63) is 44.2 Å². The Morgan fingerprint density at radius 2 is 2.10 bits per heavy atom. The second-order valence-corrected chi connectivity index (χ2v) is 9.16. The van der Waals surface area contributed by atoms with Gasteiger partial charge in [-0.2, -0.15) is 0 Å². The second-order valence-electron chi connectivity index (χ2n) is 6.17. The SMILES string of the molecule is COC(=O)c1c(NC(=O)CSc2nnc(Cc3cccs3)n2C)sc(C(N)=O)c1C. The van der Waals surface area contributed by atoms with Gasteiger partial charge in [0.05, 0.1) is 23.3 Å². The standard InChI is InChI=1S/C18H19N5O4S3/c1-9-13(17(26)27-3)16(30-14(9)15(19)25)20-12(24)8-29-18-22-21-11(23(18)2)7-10-5-4-6-28-10/h4-6H,7-8H2,1-3H3,(H2,19,25)(H,20,24). The quantitative estimate of drug-likeness (QED) is 0.386. The molecule has 12 heteroatoms. The molecule has 30 heavy (non-hydrogen) atoms. The minimum Gasteiger partial charge on any atom is -0.465 e. The number of thiophene rings is 2. The highest BCUT2D eigenvalue weighted by atomic mass is 32.2. The summed E-state index contributed by atoms with van der Waals surface area (Å²) in [5.41, 5.74) is 5.87. The van der Waals surface area contributed by atoms with Crippen LogP contribution in [-0.2, 0) is 23.0 Å². The maximum atomic E-state index is 12.5. The molecule has 0 aliphatic carbocycles. The highest BCUT2D eigenvalue weighted by Gasteiger charge is 2.25. The number of rotatable bonds is 8. The highest BCUT2D eigenvalue weighted by Crippen LogP contribution is 2.33. The number of nitrogens with two attached hydrogens (primary N) is 1. The van der Waals surface area contributed by atoms with E-state index in [1.165, 1.54) is 23.7 Å². The molecule has 3 aromatic rings. The summed E-state index contributed by atoms with van der Waals surface area (Å²) < 4.78 is 6.61. The molecule has 0 radical (unpaired) electrons. The van der Waals surface area contributed by atoms with Crippen molar-refractivity contribution in [2.75, 3.05) is 18.2 Å². The fourth-order valence-corrected chi connectivity index (χ4v) is 5.17. The maximum absolute atomic E-state index is 12.5. The third kappa shape index (κ3) is 4.71. The Bertz CT molecular complexity index is 1090. The summed E-state index contributed by atoms with van der Waals surface area (Å²) in [6, 6.07) is 4.01. The van der Waals surface area contributed by atoms with Crippen molar-refractivity contribution < 1.29 is 19.1 Å². The van der Waals surface area contributed by atoms with E-state index < -0.39 is 11.9 Å². The van der Waals surface area contributed by atoms with Crippen molar-refractivity contribution in [3.8, 4) is 0 Å². The Hall–Kier alpha value is -2.70. The van der Waals surface area contributed by atoms with Crippen molar-refractivity contribution in [3.63, 3.8) is 0 Å². The van der Waals surface area contributed by atoms with Gasteiger partial charge in [0.15, 0.2) is 5.16 Å². The summed E-state index contributed by atoms with van der Waals surface area (Å²) in [5.74, 6) is -0.826. The zero-order valence-electron chi connectivity index (χ0n) is 16.4. The van der Waals surface area contributed by atoms with Crippen LogP contribution in [0.3, 0.4) is 0 Å². The van der Waals surface area contributed by atoms with Crippen LogP contribution >= 0.6 is 34.4 Å². The molecule has 3 rings (SSSR count). The minimum absolute atomic E-state index is 0.0500. The molecule has 0 spiro atoms. The van der Waals surface area contributed by atoms with Gasteiger partial charge in [0.1, 0.15) is 10.8 Å². The van der Waals surface area contributed by atoms with Gasteiger partial charge in [-0.15, -0.1) is 32.9 Å². The Labute approximate surface area is 184 Å². The smallest absolute Gasteiger partial charge is 0.341 e. The Balaban J connectivity index is 1.68. The molecule has 3 N–H and O–H groups in total. The van der Waals surface area contributed by atoms with E-state index in [9.17, 15) is 14.4 Å². The van der Waals surface area contributed by atoms with E-state index in [2.05, 4.69) is 15.5 Å². The summed E-state index contributed by atoms with van der Waals surface area (Å²) in [4.78, 5) is 37.5. The van der Waals surface area contributed by atoms with Crippen LogP contribution in [0.25, 0.3) is 0 Å². The minimum atomic E-state index is -0.671. The van der Waals surface area contributed by atoms with E-state index in [-0.39, 0.29) is 27.1 Å². The molecule has 0 saturated carbocycles. The van der Waals surface area contributed by atoms with Crippen LogP contribution in [0.4, 0.5) is 5.00 Å². The average Bonchev–Trinajstić information content (AvgIpc) is 3.41. The first-order chi connectivity index (χ1) is 14.3. The first-order valence-corrected chi connectivity index (χ1v) is 11.3. The number of nitrogens with zero attached hydrogens (tertiary/aromatic N) is 3. The molecule has 0 fully saturated rings. The number of carbonyl (C=O) groups is 3. The van der Waals surface area contributed by atoms with Gasteiger partial charge in [0.2, 0.25) is 5.91 Å². The number of carbonyl (C=O) groups excluding carboxylic acids is 3. The molecule has 3 aromatic heterocycles. The molecule has 2 amide bonds. The molecule has 0 bridgehead atoms. The lowest BCUT2D eigenvalue weighted by atomic mass is 10.1. The number of primary amides is 1. The van der Waals surface area contributed by atoms with E-state index in [0.717, 1.165) is 17.2 Å². The Kier molecular flexibility index (Phi) is 6.90. The number of nitrogens with one attached hydrogen (secondary N) is 1. The first kappa shape index (κ1) is 22.0. The lowest BCUT2D eigenvalue weighted by Gasteiger charge is -2.06. The first-order valence-electron chi connectivity index (χ1n) is 8.66. The summed E-state index contributed by atoms with van der Waals surface area (Å²) in [6.07, 6.45) is 0.667. The summed E-state index contributed by atoms with van der Waals surface area (Å²) in [6.45, 7) is 1.59. The van der Waals surface area contributed by atoms with Crippen molar-refractivity contribution in [2.45, 2.75) is 18.5 Å². The Morgan fingerprint density at radius 3 is 2.73 bits per heavy atom. The van der Waals surface area contributed by atoms with Crippen LogP contribution in [0.1, 0.15) is 36.3 Å². The van der Waals surface area contributed by atoms with Crippen molar-refractivity contribution in [1.29, 1.82) is 0 Å². The van der Waals surface area contributed by atoms with Gasteiger partial charge in [-0.25, -0.2) is 4.79 Å². The van der Waals surface area contributed by atoms with E-state index >= 15 is 0 Å². The highest BCUT2D eigenvalue weighted by molar-refractivity contribution is 7.99. The van der Waals surface area contributed by atoms with Crippen molar-refractivity contribution >= 4 is 57.2 Å². The number of hydrogen-bond acceptors (Lipinski definition) is 9. The number of ether oxygens (including phenoxy) is 1. The third-order valence-electron chi connectivity index (χ3n) is 4.18. The third-order valence-corrected chi connectivity index (χ3v) is 7.30. The summed E-state index contributed by atoms with van der Waals surface area (Å²) in [7, 11) is 3.08.